The number of ether oxygens (including phenoxy) is 1. The number of carbonyl (C=O) groups is 1. The van der Waals surface area contributed by atoms with Crippen LogP contribution in [0, 0.1) is 5.41 Å². The number of aliphatic hydroxyl groups excluding tert-OH is 1. The third kappa shape index (κ3) is 14.0. The molecular formula is C19H41IN4O3. The molecule has 0 aliphatic heterocycles. The number of aliphatic hydroxyl groups is 1. The molecule has 0 aliphatic rings. The second-order valence-electron chi connectivity index (χ2n) is 7.58. The summed E-state index contributed by atoms with van der Waals surface area (Å²) in [4.78, 5) is 16.3. The Morgan fingerprint density at radius 3 is 2.11 bits per heavy atom. The number of hydrogen-bond donors (Lipinski definition) is 4. The topological polar surface area (TPSA) is 95.0 Å². The van der Waals surface area contributed by atoms with E-state index in [0.717, 1.165) is 38.2 Å². The Hall–Kier alpha value is -0.770. The van der Waals surface area contributed by atoms with Crippen molar-refractivity contribution < 1.29 is 14.6 Å². The number of halogens is 1. The van der Waals surface area contributed by atoms with Crippen molar-refractivity contribution in [2.45, 2.75) is 72.8 Å². The standard InChI is InChI=1S/C19H40N4O3.HI/c1-7-19(8-2,11-14-24)15-23-16(20-9-3)21-12-10-13-22-17(25)26-18(4,5)6;/h24H,7-15H2,1-6H3,(H,22,25)(H2,20,21,23);1H. The highest BCUT2D eigenvalue weighted by molar-refractivity contribution is 14.0. The molecule has 0 saturated carbocycles. The summed E-state index contributed by atoms with van der Waals surface area (Å²) in [5.74, 6) is 0.772. The van der Waals surface area contributed by atoms with E-state index in [2.05, 4.69) is 29.8 Å². The quantitative estimate of drug-likeness (QED) is 0.151. The minimum absolute atomic E-state index is 0. The Morgan fingerprint density at radius 2 is 1.63 bits per heavy atom. The maximum atomic E-state index is 11.6. The summed E-state index contributed by atoms with van der Waals surface area (Å²) in [6.45, 7) is 14.8. The van der Waals surface area contributed by atoms with Gasteiger partial charge in [0.1, 0.15) is 5.60 Å². The van der Waals surface area contributed by atoms with Crippen LogP contribution in [-0.2, 0) is 4.74 Å². The molecule has 0 fully saturated rings. The van der Waals surface area contributed by atoms with E-state index in [1.807, 2.05) is 27.7 Å². The summed E-state index contributed by atoms with van der Waals surface area (Å²) < 4.78 is 5.20. The Bertz CT molecular complexity index is 422. The van der Waals surface area contributed by atoms with Crippen molar-refractivity contribution in [2.75, 3.05) is 32.8 Å². The molecule has 4 N–H and O–H groups in total. The molecule has 0 aromatic rings. The Labute approximate surface area is 182 Å². The highest BCUT2D eigenvalue weighted by Gasteiger charge is 2.25. The van der Waals surface area contributed by atoms with E-state index in [1.54, 1.807) is 0 Å². The molecule has 0 bridgehead atoms. The van der Waals surface area contributed by atoms with Crippen molar-refractivity contribution in [3.63, 3.8) is 0 Å². The van der Waals surface area contributed by atoms with Gasteiger partial charge in [-0.25, -0.2) is 4.79 Å². The second kappa shape index (κ2) is 15.2. The van der Waals surface area contributed by atoms with E-state index in [4.69, 9.17) is 9.73 Å². The van der Waals surface area contributed by atoms with Crippen LogP contribution in [0.5, 0.6) is 0 Å². The molecular weight excluding hydrogens is 459 g/mol. The van der Waals surface area contributed by atoms with Gasteiger partial charge < -0.3 is 25.8 Å². The predicted octanol–water partition coefficient (Wildman–Crippen LogP) is 3.26. The Balaban J connectivity index is 0. The summed E-state index contributed by atoms with van der Waals surface area (Å²) in [6, 6.07) is 0. The van der Waals surface area contributed by atoms with Gasteiger partial charge in [-0.05, 0) is 58.8 Å². The van der Waals surface area contributed by atoms with Gasteiger partial charge in [0, 0.05) is 32.8 Å². The van der Waals surface area contributed by atoms with Crippen LogP contribution in [-0.4, -0.2) is 55.5 Å². The summed E-state index contributed by atoms with van der Waals surface area (Å²) in [5, 5.41) is 18.6. The van der Waals surface area contributed by atoms with Crippen LogP contribution >= 0.6 is 24.0 Å². The van der Waals surface area contributed by atoms with Gasteiger partial charge in [-0.15, -0.1) is 24.0 Å². The highest BCUT2D eigenvalue weighted by Crippen LogP contribution is 2.30. The molecule has 0 aromatic heterocycles. The maximum Gasteiger partial charge on any atom is 0.407 e. The lowest BCUT2D eigenvalue weighted by Crippen LogP contribution is -2.40. The van der Waals surface area contributed by atoms with Crippen molar-refractivity contribution >= 4 is 36.0 Å². The molecule has 0 rings (SSSR count). The average Bonchev–Trinajstić information content (AvgIpc) is 2.56. The van der Waals surface area contributed by atoms with E-state index in [9.17, 15) is 9.90 Å². The monoisotopic (exact) mass is 500 g/mol. The first-order valence-corrected chi connectivity index (χ1v) is 9.81. The third-order valence-electron chi connectivity index (χ3n) is 4.37. The lowest BCUT2D eigenvalue weighted by Gasteiger charge is -2.29. The smallest absolute Gasteiger partial charge is 0.407 e. The minimum Gasteiger partial charge on any atom is -0.444 e. The summed E-state index contributed by atoms with van der Waals surface area (Å²) in [7, 11) is 0. The summed E-state index contributed by atoms with van der Waals surface area (Å²) >= 11 is 0. The van der Waals surface area contributed by atoms with Gasteiger partial charge in [0.25, 0.3) is 0 Å². The molecule has 0 heterocycles. The van der Waals surface area contributed by atoms with Gasteiger partial charge in [-0.1, -0.05) is 13.8 Å². The van der Waals surface area contributed by atoms with Gasteiger partial charge in [-0.3, -0.25) is 4.99 Å². The number of rotatable bonds is 11. The fourth-order valence-corrected chi connectivity index (χ4v) is 2.53. The van der Waals surface area contributed by atoms with Crippen LogP contribution in [0.2, 0.25) is 0 Å². The molecule has 0 radical (unpaired) electrons. The van der Waals surface area contributed by atoms with Gasteiger partial charge in [0.05, 0.1) is 0 Å². The normalized spacial score (nSPS) is 12.2. The van der Waals surface area contributed by atoms with Gasteiger partial charge in [0.2, 0.25) is 0 Å². The highest BCUT2D eigenvalue weighted by atomic mass is 127. The van der Waals surface area contributed by atoms with E-state index in [1.165, 1.54) is 0 Å². The molecule has 0 spiro atoms. The first-order chi connectivity index (χ1) is 12.2. The lowest BCUT2D eigenvalue weighted by molar-refractivity contribution is 0.0527. The first kappa shape index (κ1) is 28.4. The Morgan fingerprint density at radius 1 is 1.04 bits per heavy atom. The predicted molar refractivity (Wildman–Crippen MR) is 123 cm³/mol. The van der Waals surface area contributed by atoms with Crippen LogP contribution in [0.1, 0.15) is 67.2 Å². The average molecular weight is 500 g/mol. The van der Waals surface area contributed by atoms with Crippen LogP contribution in [0.15, 0.2) is 4.99 Å². The number of aliphatic imine (C=N–C) groups is 1. The molecule has 0 atom stereocenters. The van der Waals surface area contributed by atoms with Crippen molar-refractivity contribution in [3.05, 3.63) is 0 Å². The van der Waals surface area contributed by atoms with E-state index in [0.29, 0.717) is 19.6 Å². The number of guanidine groups is 1. The molecule has 27 heavy (non-hydrogen) atoms. The van der Waals surface area contributed by atoms with Crippen LogP contribution in [0.25, 0.3) is 0 Å². The molecule has 162 valence electrons. The zero-order valence-corrected chi connectivity index (χ0v) is 20.3. The maximum absolute atomic E-state index is 11.6. The second-order valence-corrected chi connectivity index (χ2v) is 7.58. The first-order valence-electron chi connectivity index (χ1n) is 9.81. The molecule has 1 amide bonds. The van der Waals surface area contributed by atoms with Crippen LogP contribution in [0.3, 0.4) is 0 Å². The summed E-state index contributed by atoms with van der Waals surface area (Å²) in [5.41, 5.74) is -0.428. The van der Waals surface area contributed by atoms with E-state index >= 15 is 0 Å². The fourth-order valence-electron chi connectivity index (χ4n) is 2.53. The zero-order chi connectivity index (χ0) is 20.1. The van der Waals surface area contributed by atoms with E-state index in [-0.39, 0.29) is 36.0 Å². The van der Waals surface area contributed by atoms with Crippen molar-refractivity contribution in [1.29, 1.82) is 0 Å². The number of carbonyl (C=O) groups excluding carboxylic acids is 1. The number of hydrogen-bond acceptors (Lipinski definition) is 4. The van der Waals surface area contributed by atoms with Gasteiger partial charge >= 0.3 is 6.09 Å². The molecule has 0 aliphatic carbocycles. The molecule has 0 saturated heterocycles. The zero-order valence-electron chi connectivity index (χ0n) is 18.0. The molecule has 8 heteroatoms. The van der Waals surface area contributed by atoms with Gasteiger partial charge in [0.15, 0.2) is 5.96 Å². The molecule has 0 aromatic carbocycles. The van der Waals surface area contributed by atoms with E-state index < -0.39 is 11.7 Å². The fraction of sp³-hybridized carbons (Fsp3) is 0.895. The number of nitrogens with zero attached hydrogens (tertiary/aromatic N) is 1. The van der Waals surface area contributed by atoms with Crippen molar-refractivity contribution in [3.8, 4) is 0 Å². The number of amides is 1. The van der Waals surface area contributed by atoms with Gasteiger partial charge in [-0.2, -0.15) is 0 Å². The minimum atomic E-state index is -0.479. The van der Waals surface area contributed by atoms with Crippen LogP contribution in [0.4, 0.5) is 4.79 Å². The lowest BCUT2D eigenvalue weighted by atomic mass is 9.79. The van der Waals surface area contributed by atoms with Crippen LogP contribution < -0.4 is 16.0 Å². The summed E-state index contributed by atoms with van der Waals surface area (Å²) in [6.07, 6.45) is 3.13. The van der Waals surface area contributed by atoms with Crippen molar-refractivity contribution in [2.24, 2.45) is 10.4 Å². The van der Waals surface area contributed by atoms with Crippen molar-refractivity contribution in [1.82, 2.24) is 16.0 Å². The SMILES string of the molecule is CCNC(=NCC(CC)(CC)CCO)NCCCNC(=O)OC(C)(C)C.I. The number of alkyl carbamates (subject to hydrolysis) is 1. The Kier molecular flexibility index (Phi) is 16.0. The largest absolute Gasteiger partial charge is 0.444 e. The third-order valence-corrected chi connectivity index (χ3v) is 4.37. The molecule has 7 nitrogen and oxygen atoms in total. The number of nitrogens with one attached hydrogen (secondary N) is 3. The molecule has 0 unspecified atom stereocenters.